The highest BCUT2D eigenvalue weighted by molar-refractivity contribution is 9.10. The Kier molecular flexibility index (Phi) is 6.38. The summed E-state index contributed by atoms with van der Waals surface area (Å²) in [5, 5.41) is 11.7. The Bertz CT molecular complexity index is 1080. The molecule has 4 rings (SSSR count). The summed E-state index contributed by atoms with van der Waals surface area (Å²) in [7, 11) is 0. The lowest BCUT2D eigenvalue weighted by Gasteiger charge is -2.29. The first-order chi connectivity index (χ1) is 14.5. The van der Waals surface area contributed by atoms with Crippen molar-refractivity contribution in [2.75, 3.05) is 44.3 Å². The van der Waals surface area contributed by atoms with Crippen LogP contribution in [0.15, 0.2) is 46.9 Å². The third-order valence-electron chi connectivity index (χ3n) is 4.86. The van der Waals surface area contributed by atoms with Gasteiger partial charge in [0.05, 0.1) is 28.4 Å². The largest absolute Gasteiger partial charge is 0.379 e. The van der Waals surface area contributed by atoms with E-state index in [0.29, 0.717) is 31.4 Å². The average molecular weight is 491 g/mol. The zero-order valence-corrected chi connectivity index (χ0v) is 18.4. The second-order valence-corrected chi connectivity index (χ2v) is 8.75. The van der Waals surface area contributed by atoms with Crippen LogP contribution in [-0.4, -0.2) is 60.1 Å². The van der Waals surface area contributed by atoms with Gasteiger partial charge in [-0.25, -0.2) is 4.98 Å². The van der Waals surface area contributed by atoms with Crippen molar-refractivity contribution in [2.24, 2.45) is 0 Å². The van der Waals surface area contributed by atoms with Gasteiger partial charge in [0.25, 0.3) is 11.6 Å². The highest BCUT2D eigenvalue weighted by Crippen LogP contribution is 2.32. The van der Waals surface area contributed by atoms with Gasteiger partial charge in [-0.3, -0.25) is 24.7 Å². The minimum atomic E-state index is -0.496. The number of benzene rings is 2. The van der Waals surface area contributed by atoms with Gasteiger partial charge >= 0.3 is 0 Å². The smallest absolute Gasteiger partial charge is 0.270 e. The highest BCUT2D eigenvalue weighted by atomic mass is 79.9. The quantitative estimate of drug-likeness (QED) is 0.383. The maximum absolute atomic E-state index is 13.4. The summed E-state index contributed by atoms with van der Waals surface area (Å²) in [5.74, 6) is -0.301. The van der Waals surface area contributed by atoms with Gasteiger partial charge in [-0.15, -0.1) is 0 Å². The number of rotatable bonds is 6. The summed E-state index contributed by atoms with van der Waals surface area (Å²) < 4.78 is 7.29. The van der Waals surface area contributed by atoms with Gasteiger partial charge in [0.15, 0.2) is 5.13 Å². The van der Waals surface area contributed by atoms with Crippen LogP contribution >= 0.6 is 27.3 Å². The van der Waals surface area contributed by atoms with E-state index < -0.39 is 4.92 Å². The molecule has 2 aromatic carbocycles. The van der Waals surface area contributed by atoms with E-state index in [-0.39, 0.29) is 17.2 Å². The molecule has 3 aromatic rings. The van der Waals surface area contributed by atoms with Crippen molar-refractivity contribution in [1.29, 1.82) is 0 Å². The van der Waals surface area contributed by atoms with Crippen molar-refractivity contribution in [2.45, 2.75) is 0 Å². The number of nitro groups is 1. The summed E-state index contributed by atoms with van der Waals surface area (Å²) >= 11 is 4.89. The zero-order chi connectivity index (χ0) is 21.1. The standard InChI is InChI=1S/C20H19BrN4O4S/c21-15-4-5-17-18(13-15)30-20(22-17)24(7-6-23-8-10-29-11-9-23)19(26)14-2-1-3-16(12-14)25(27)28/h1-5,12-13H,6-11H2. The fourth-order valence-electron chi connectivity index (χ4n) is 3.26. The zero-order valence-electron chi connectivity index (χ0n) is 16.0. The van der Waals surface area contributed by atoms with Gasteiger partial charge in [0.2, 0.25) is 0 Å². The average Bonchev–Trinajstić information content (AvgIpc) is 3.17. The molecular formula is C20H19BrN4O4S. The maximum atomic E-state index is 13.4. The second kappa shape index (κ2) is 9.17. The van der Waals surface area contributed by atoms with Crippen molar-refractivity contribution < 1.29 is 14.5 Å². The Morgan fingerprint density at radius 3 is 2.83 bits per heavy atom. The number of morpholine rings is 1. The van der Waals surface area contributed by atoms with E-state index in [1.807, 2.05) is 18.2 Å². The molecule has 30 heavy (non-hydrogen) atoms. The molecule has 8 nitrogen and oxygen atoms in total. The number of hydrogen-bond donors (Lipinski definition) is 0. The molecule has 1 saturated heterocycles. The molecule has 0 aliphatic carbocycles. The van der Waals surface area contributed by atoms with E-state index in [4.69, 9.17) is 4.74 Å². The Labute approximate surface area is 185 Å². The summed E-state index contributed by atoms with van der Waals surface area (Å²) in [6, 6.07) is 11.6. The Morgan fingerprint density at radius 1 is 1.27 bits per heavy atom. The number of anilines is 1. The van der Waals surface area contributed by atoms with E-state index in [9.17, 15) is 14.9 Å². The van der Waals surface area contributed by atoms with Gasteiger partial charge < -0.3 is 4.74 Å². The number of ether oxygens (including phenoxy) is 1. The molecule has 10 heteroatoms. The number of fused-ring (bicyclic) bond motifs is 1. The minimum Gasteiger partial charge on any atom is -0.379 e. The molecule has 0 bridgehead atoms. The molecule has 1 aromatic heterocycles. The topological polar surface area (TPSA) is 88.8 Å². The number of nitro benzene ring substituents is 1. The number of nitrogens with zero attached hydrogens (tertiary/aromatic N) is 4. The van der Waals surface area contributed by atoms with Crippen LogP contribution in [0.4, 0.5) is 10.8 Å². The fourth-order valence-corrected chi connectivity index (χ4v) is 4.80. The first-order valence-electron chi connectivity index (χ1n) is 9.44. The van der Waals surface area contributed by atoms with Crippen LogP contribution in [0.2, 0.25) is 0 Å². The Hall–Kier alpha value is -2.40. The van der Waals surface area contributed by atoms with Gasteiger partial charge in [-0.2, -0.15) is 0 Å². The fraction of sp³-hybridized carbons (Fsp3) is 0.300. The maximum Gasteiger partial charge on any atom is 0.270 e. The summed E-state index contributed by atoms with van der Waals surface area (Å²) in [5.41, 5.74) is 0.968. The van der Waals surface area contributed by atoms with Crippen molar-refractivity contribution in [3.8, 4) is 0 Å². The molecule has 0 unspecified atom stereocenters. The van der Waals surface area contributed by atoms with Crippen LogP contribution in [0.25, 0.3) is 10.2 Å². The van der Waals surface area contributed by atoms with Crippen molar-refractivity contribution in [3.05, 3.63) is 62.6 Å². The lowest BCUT2D eigenvalue weighted by atomic mass is 10.2. The molecule has 1 aliphatic rings. The van der Waals surface area contributed by atoms with Crippen LogP contribution in [0.1, 0.15) is 10.4 Å². The SMILES string of the molecule is O=C(c1cccc([N+](=O)[O-])c1)N(CCN1CCOCC1)c1nc2ccc(Br)cc2s1. The van der Waals surface area contributed by atoms with Crippen LogP contribution in [0.5, 0.6) is 0 Å². The van der Waals surface area contributed by atoms with Gasteiger partial charge in [0.1, 0.15) is 0 Å². The van der Waals surface area contributed by atoms with Gasteiger partial charge in [0, 0.05) is 48.3 Å². The molecule has 2 heterocycles. The van der Waals surface area contributed by atoms with Crippen LogP contribution < -0.4 is 4.90 Å². The molecule has 0 radical (unpaired) electrons. The van der Waals surface area contributed by atoms with Crippen LogP contribution in [-0.2, 0) is 4.74 Å². The number of aromatic nitrogens is 1. The highest BCUT2D eigenvalue weighted by Gasteiger charge is 2.24. The van der Waals surface area contributed by atoms with Gasteiger partial charge in [-0.1, -0.05) is 33.3 Å². The first-order valence-corrected chi connectivity index (χ1v) is 11.0. The Balaban J connectivity index is 1.65. The third kappa shape index (κ3) is 4.67. The number of hydrogen-bond acceptors (Lipinski definition) is 7. The first kappa shape index (κ1) is 20.9. The number of carbonyl (C=O) groups excluding carboxylic acids is 1. The minimum absolute atomic E-state index is 0.109. The predicted octanol–water partition coefficient (Wildman–Crippen LogP) is 3.95. The number of amides is 1. The molecule has 0 N–H and O–H groups in total. The van der Waals surface area contributed by atoms with Crippen LogP contribution in [0.3, 0.4) is 0 Å². The van der Waals surface area contributed by atoms with E-state index in [0.717, 1.165) is 27.8 Å². The van der Waals surface area contributed by atoms with Crippen LogP contribution in [0, 0.1) is 10.1 Å². The summed E-state index contributed by atoms with van der Waals surface area (Å²) in [4.78, 5) is 32.5. The number of halogens is 1. The van der Waals surface area contributed by atoms with Crippen molar-refractivity contribution in [3.63, 3.8) is 0 Å². The number of thiazole rings is 1. The molecule has 0 saturated carbocycles. The molecule has 156 valence electrons. The summed E-state index contributed by atoms with van der Waals surface area (Å²) in [6.07, 6.45) is 0. The van der Waals surface area contributed by atoms with E-state index in [2.05, 4.69) is 25.8 Å². The molecule has 0 spiro atoms. The molecule has 1 fully saturated rings. The molecule has 0 atom stereocenters. The lowest BCUT2D eigenvalue weighted by Crippen LogP contribution is -2.43. The lowest BCUT2D eigenvalue weighted by molar-refractivity contribution is -0.384. The number of non-ortho nitro benzene ring substituents is 1. The Morgan fingerprint density at radius 2 is 2.07 bits per heavy atom. The molecule has 1 aliphatic heterocycles. The normalized spacial score (nSPS) is 14.7. The van der Waals surface area contributed by atoms with E-state index >= 15 is 0 Å². The van der Waals surface area contributed by atoms with E-state index in [1.54, 1.807) is 11.0 Å². The number of carbonyl (C=O) groups is 1. The second-order valence-electron chi connectivity index (χ2n) is 6.83. The monoisotopic (exact) mass is 490 g/mol. The summed E-state index contributed by atoms with van der Waals surface area (Å²) in [6.45, 7) is 4.07. The molecule has 1 amide bonds. The van der Waals surface area contributed by atoms with Gasteiger partial charge in [-0.05, 0) is 24.3 Å². The van der Waals surface area contributed by atoms with E-state index in [1.165, 1.54) is 29.5 Å². The predicted molar refractivity (Wildman–Crippen MR) is 119 cm³/mol. The van der Waals surface area contributed by atoms with Crippen molar-refractivity contribution >= 4 is 54.2 Å². The third-order valence-corrected chi connectivity index (χ3v) is 6.40. The van der Waals surface area contributed by atoms with Crippen molar-refractivity contribution in [1.82, 2.24) is 9.88 Å². The molecular weight excluding hydrogens is 472 g/mol.